The fourth-order valence-electron chi connectivity index (χ4n) is 9.79. The molecule has 11 aromatic carbocycles. The van der Waals surface area contributed by atoms with E-state index in [0.717, 1.165) is 66.8 Å². The third-order valence-corrected chi connectivity index (χ3v) is 13.2. The maximum absolute atomic E-state index is 6.58. The van der Waals surface area contributed by atoms with Crippen molar-refractivity contribution in [3.05, 3.63) is 273 Å². The van der Waals surface area contributed by atoms with E-state index in [-0.39, 0.29) is 0 Å². The van der Waals surface area contributed by atoms with Gasteiger partial charge in [-0.1, -0.05) is 237 Å². The van der Waals surface area contributed by atoms with Crippen molar-refractivity contribution in [3.63, 3.8) is 0 Å². The van der Waals surface area contributed by atoms with Crippen LogP contribution in [0.5, 0.6) is 0 Å². The van der Waals surface area contributed by atoms with Gasteiger partial charge in [0.15, 0.2) is 0 Å². The smallest absolute Gasteiger partial charge is 0.143 e. The Morgan fingerprint density at radius 2 is 0.647 bits per heavy atom. The van der Waals surface area contributed by atoms with Gasteiger partial charge in [0, 0.05) is 33.3 Å². The summed E-state index contributed by atoms with van der Waals surface area (Å²) in [6.45, 7) is 0. The van der Waals surface area contributed by atoms with E-state index in [1.54, 1.807) is 0 Å². The van der Waals surface area contributed by atoms with Gasteiger partial charge in [0.05, 0.1) is 5.69 Å². The lowest BCUT2D eigenvalue weighted by atomic mass is 9.88. The molecule has 0 saturated carbocycles. The van der Waals surface area contributed by atoms with Crippen LogP contribution in [0.25, 0.3) is 99.8 Å². The summed E-state index contributed by atoms with van der Waals surface area (Å²) in [4.78, 5) is 2.41. The van der Waals surface area contributed by atoms with Crippen molar-refractivity contribution in [2.45, 2.75) is 0 Å². The molecule has 0 aliphatic rings. The van der Waals surface area contributed by atoms with Crippen LogP contribution in [0.3, 0.4) is 0 Å². The van der Waals surface area contributed by atoms with E-state index in [4.69, 9.17) is 4.42 Å². The Hall–Kier alpha value is -8.98. The van der Waals surface area contributed by atoms with Crippen LogP contribution < -0.4 is 4.90 Å². The first-order chi connectivity index (χ1) is 33.7. The maximum Gasteiger partial charge on any atom is 0.143 e. The first-order valence-corrected chi connectivity index (χ1v) is 23.2. The molecule has 2 heteroatoms. The van der Waals surface area contributed by atoms with Gasteiger partial charge in [0.25, 0.3) is 0 Å². The van der Waals surface area contributed by atoms with Crippen molar-refractivity contribution in [2.24, 2.45) is 0 Å². The largest absolute Gasteiger partial charge is 0.455 e. The predicted octanol–water partition coefficient (Wildman–Crippen LogP) is 18.7. The van der Waals surface area contributed by atoms with Crippen LogP contribution in [0, 0.1) is 0 Å². The summed E-state index contributed by atoms with van der Waals surface area (Å²) in [5.41, 5.74) is 21.2. The summed E-state index contributed by atoms with van der Waals surface area (Å²) >= 11 is 0. The van der Waals surface area contributed by atoms with Crippen LogP contribution in [0.4, 0.5) is 17.1 Å². The van der Waals surface area contributed by atoms with Crippen molar-refractivity contribution in [2.75, 3.05) is 4.90 Å². The predicted molar refractivity (Wildman–Crippen MR) is 286 cm³/mol. The number of benzene rings is 11. The molecule has 0 saturated heterocycles. The molecule has 0 amide bonds. The Labute approximate surface area is 397 Å². The van der Waals surface area contributed by atoms with Crippen molar-refractivity contribution in [1.82, 2.24) is 0 Å². The van der Waals surface area contributed by atoms with E-state index >= 15 is 0 Å². The normalized spacial score (nSPS) is 11.2. The summed E-state index contributed by atoms with van der Waals surface area (Å²) in [6.07, 6.45) is 0. The fourth-order valence-corrected chi connectivity index (χ4v) is 9.79. The molecule has 1 heterocycles. The number of nitrogens with zero attached hydrogens (tertiary/aromatic N) is 1. The molecule has 0 N–H and O–H groups in total. The first-order valence-electron chi connectivity index (χ1n) is 23.2. The Morgan fingerprint density at radius 1 is 0.235 bits per heavy atom. The number of rotatable bonds is 10. The molecule has 0 atom stereocenters. The molecule has 12 rings (SSSR count). The summed E-state index contributed by atoms with van der Waals surface area (Å²) in [6, 6.07) is 98.0. The number of fused-ring (bicyclic) bond motifs is 3. The summed E-state index contributed by atoms with van der Waals surface area (Å²) in [7, 11) is 0. The topological polar surface area (TPSA) is 16.4 Å². The van der Waals surface area contributed by atoms with Gasteiger partial charge in [-0.2, -0.15) is 0 Å². The number of hydrogen-bond donors (Lipinski definition) is 0. The monoisotopic (exact) mass is 867 g/mol. The quantitative estimate of drug-likeness (QED) is 0.136. The van der Waals surface area contributed by atoms with Gasteiger partial charge in [-0.3, -0.25) is 0 Å². The second kappa shape index (κ2) is 17.8. The molecule has 0 unspecified atom stereocenters. The zero-order valence-electron chi connectivity index (χ0n) is 37.3. The van der Waals surface area contributed by atoms with Gasteiger partial charge in [0.2, 0.25) is 0 Å². The Balaban J connectivity index is 0.985. The minimum absolute atomic E-state index is 0.890. The molecule has 0 bridgehead atoms. The standard InChI is InChI=1S/C66H45NO/c1-3-17-46(18-4-1)48-33-35-50(36-34-48)51-41-43-54(44-42-51)67(55-22-15-21-53(45-55)57-29-16-30-63-62-28-12-14-32-65(62)68-66(57)63)64-31-13-11-27-61(64)60-26-10-9-25-59(60)58-24-8-7-23-56(58)52-39-37-49(38-40-52)47-19-5-2-6-20-47/h1-45H. The summed E-state index contributed by atoms with van der Waals surface area (Å²) in [5, 5.41) is 2.23. The van der Waals surface area contributed by atoms with Crippen LogP contribution in [-0.4, -0.2) is 0 Å². The molecule has 0 aliphatic carbocycles. The molecule has 1 aromatic heterocycles. The van der Waals surface area contributed by atoms with E-state index in [9.17, 15) is 0 Å². The van der Waals surface area contributed by atoms with Crippen LogP contribution in [0.15, 0.2) is 277 Å². The zero-order chi connectivity index (χ0) is 45.2. The molecule has 0 spiro atoms. The van der Waals surface area contributed by atoms with Crippen LogP contribution in [-0.2, 0) is 0 Å². The van der Waals surface area contributed by atoms with Gasteiger partial charge in [-0.05, 0) is 103 Å². The second-order valence-electron chi connectivity index (χ2n) is 17.2. The van der Waals surface area contributed by atoms with Gasteiger partial charge in [-0.25, -0.2) is 0 Å². The Kier molecular flexibility index (Phi) is 10.6. The molecule has 0 aliphatic heterocycles. The Bertz CT molecular complexity index is 3700. The lowest BCUT2D eigenvalue weighted by molar-refractivity contribution is 0.670. The number of hydrogen-bond acceptors (Lipinski definition) is 2. The Morgan fingerprint density at radius 3 is 1.28 bits per heavy atom. The molecule has 0 fully saturated rings. The fraction of sp³-hybridized carbons (Fsp3) is 0. The minimum atomic E-state index is 0.890. The molecular weight excluding hydrogens is 823 g/mol. The van der Waals surface area contributed by atoms with Crippen molar-refractivity contribution >= 4 is 39.0 Å². The minimum Gasteiger partial charge on any atom is -0.455 e. The number of para-hydroxylation sites is 3. The van der Waals surface area contributed by atoms with Gasteiger partial charge < -0.3 is 9.32 Å². The van der Waals surface area contributed by atoms with E-state index in [1.165, 1.54) is 50.1 Å². The molecule has 320 valence electrons. The third kappa shape index (κ3) is 7.64. The molecule has 0 radical (unpaired) electrons. The highest BCUT2D eigenvalue weighted by Gasteiger charge is 2.22. The number of furan rings is 1. The van der Waals surface area contributed by atoms with Gasteiger partial charge in [-0.15, -0.1) is 0 Å². The van der Waals surface area contributed by atoms with Crippen LogP contribution >= 0.6 is 0 Å². The van der Waals surface area contributed by atoms with E-state index in [2.05, 4.69) is 266 Å². The molecule has 68 heavy (non-hydrogen) atoms. The average Bonchev–Trinajstić information content (AvgIpc) is 3.81. The van der Waals surface area contributed by atoms with Crippen LogP contribution in [0.2, 0.25) is 0 Å². The zero-order valence-corrected chi connectivity index (χ0v) is 37.3. The maximum atomic E-state index is 6.58. The summed E-state index contributed by atoms with van der Waals surface area (Å²) in [5.74, 6) is 0. The van der Waals surface area contributed by atoms with E-state index in [1.807, 2.05) is 12.1 Å². The van der Waals surface area contributed by atoms with Crippen LogP contribution in [0.1, 0.15) is 0 Å². The van der Waals surface area contributed by atoms with Crippen molar-refractivity contribution in [3.8, 4) is 77.9 Å². The lowest BCUT2D eigenvalue weighted by Gasteiger charge is -2.29. The highest BCUT2D eigenvalue weighted by Crippen LogP contribution is 2.47. The van der Waals surface area contributed by atoms with Crippen molar-refractivity contribution in [1.29, 1.82) is 0 Å². The summed E-state index contributed by atoms with van der Waals surface area (Å²) < 4.78 is 6.58. The second-order valence-corrected chi connectivity index (χ2v) is 17.2. The van der Waals surface area contributed by atoms with Gasteiger partial charge >= 0.3 is 0 Å². The SMILES string of the molecule is c1ccc(-c2ccc(-c3ccc(N(c4cccc(-c5cccc6c5oc5ccccc56)c4)c4ccccc4-c4ccccc4-c4ccccc4-c4ccc(-c5ccccc5)cc4)cc3)cc2)cc1. The van der Waals surface area contributed by atoms with Crippen molar-refractivity contribution < 1.29 is 4.42 Å². The molecule has 2 nitrogen and oxygen atoms in total. The van der Waals surface area contributed by atoms with E-state index in [0.29, 0.717) is 0 Å². The first kappa shape index (κ1) is 40.5. The lowest BCUT2D eigenvalue weighted by Crippen LogP contribution is -2.11. The van der Waals surface area contributed by atoms with Gasteiger partial charge in [0.1, 0.15) is 11.2 Å². The highest BCUT2D eigenvalue weighted by atomic mass is 16.3. The average molecular weight is 868 g/mol. The number of anilines is 3. The third-order valence-electron chi connectivity index (χ3n) is 13.2. The highest BCUT2D eigenvalue weighted by molar-refractivity contribution is 6.10. The molecular formula is C66H45NO. The van der Waals surface area contributed by atoms with E-state index < -0.39 is 0 Å². The molecule has 12 aromatic rings.